The van der Waals surface area contributed by atoms with Crippen molar-refractivity contribution in [2.24, 2.45) is 5.73 Å². The van der Waals surface area contributed by atoms with Gasteiger partial charge in [-0.2, -0.15) is 0 Å². The first-order valence-corrected chi connectivity index (χ1v) is 7.67. The molecule has 0 spiro atoms. The van der Waals surface area contributed by atoms with Gasteiger partial charge >= 0.3 is 0 Å². The number of rotatable bonds is 3. The molecule has 1 atom stereocenters. The summed E-state index contributed by atoms with van der Waals surface area (Å²) in [5, 5.41) is -1.22. The van der Waals surface area contributed by atoms with Crippen LogP contribution in [0.5, 0.6) is 0 Å². The highest BCUT2D eigenvalue weighted by atomic mass is 32.2. The second kappa shape index (κ2) is 4.96. The first kappa shape index (κ1) is 15.7. The molecular formula is C14H21NO3S. The highest BCUT2D eigenvalue weighted by Crippen LogP contribution is 2.28. The summed E-state index contributed by atoms with van der Waals surface area (Å²) in [6.45, 7) is 9.05. The summed E-state index contributed by atoms with van der Waals surface area (Å²) in [7, 11) is -3.73. The number of aryl methyl sites for hydroxylation is 1. The van der Waals surface area contributed by atoms with E-state index >= 15 is 0 Å². The summed E-state index contributed by atoms with van der Waals surface area (Å²) in [5.74, 6) is -0.833. The molecule has 19 heavy (non-hydrogen) atoms. The monoisotopic (exact) mass is 283 g/mol. The molecule has 0 aromatic heterocycles. The molecule has 0 heterocycles. The summed E-state index contributed by atoms with van der Waals surface area (Å²) in [6, 6.07) is 5.31. The van der Waals surface area contributed by atoms with Crippen LogP contribution in [-0.2, 0) is 20.0 Å². The van der Waals surface area contributed by atoms with Crippen LogP contribution in [-0.4, -0.2) is 19.6 Å². The Kier molecular flexibility index (Phi) is 4.10. The first-order valence-electron chi connectivity index (χ1n) is 6.12. The molecule has 0 aliphatic rings. The van der Waals surface area contributed by atoms with Crippen LogP contribution in [0.4, 0.5) is 0 Å². The minimum Gasteiger partial charge on any atom is -0.369 e. The van der Waals surface area contributed by atoms with Gasteiger partial charge < -0.3 is 5.73 Å². The van der Waals surface area contributed by atoms with E-state index in [9.17, 15) is 13.2 Å². The summed E-state index contributed by atoms with van der Waals surface area (Å²) in [6.07, 6.45) is 0. The Morgan fingerprint density at radius 1 is 1.26 bits per heavy atom. The molecule has 1 unspecified atom stereocenters. The molecule has 0 saturated carbocycles. The number of primary amides is 1. The summed E-state index contributed by atoms with van der Waals surface area (Å²) in [5.41, 5.74) is 6.49. The minimum atomic E-state index is -3.73. The van der Waals surface area contributed by atoms with Crippen LogP contribution in [0.1, 0.15) is 38.8 Å². The van der Waals surface area contributed by atoms with Gasteiger partial charge in [0.15, 0.2) is 9.84 Å². The molecule has 0 saturated heterocycles. The van der Waals surface area contributed by atoms with Gasteiger partial charge in [-0.05, 0) is 36.5 Å². The van der Waals surface area contributed by atoms with E-state index in [0.717, 1.165) is 5.56 Å². The Labute approximate surface area is 114 Å². The number of sulfone groups is 1. The van der Waals surface area contributed by atoms with E-state index in [0.29, 0.717) is 5.56 Å². The van der Waals surface area contributed by atoms with E-state index in [4.69, 9.17) is 5.73 Å². The van der Waals surface area contributed by atoms with Gasteiger partial charge in [-0.25, -0.2) is 8.42 Å². The summed E-state index contributed by atoms with van der Waals surface area (Å²) >= 11 is 0. The molecule has 1 aromatic carbocycles. The normalized spacial score (nSPS) is 14.2. The van der Waals surface area contributed by atoms with E-state index < -0.39 is 21.0 Å². The molecule has 0 fully saturated rings. The maximum atomic E-state index is 12.4. The highest BCUT2D eigenvalue weighted by molar-refractivity contribution is 7.92. The van der Waals surface area contributed by atoms with Crippen LogP contribution in [0.25, 0.3) is 0 Å². The molecule has 5 heteroatoms. The topological polar surface area (TPSA) is 77.2 Å². The highest BCUT2D eigenvalue weighted by Gasteiger charge is 2.30. The van der Waals surface area contributed by atoms with Gasteiger partial charge in [0.25, 0.3) is 0 Å². The van der Waals surface area contributed by atoms with Crippen molar-refractivity contribution in [3.8, 4) is 0 Å². The van der Waals surface area contributed by atoms with Crippen molar-refractivity contribution < 1.29 is 13.2 Å². The lowest BCUT2D eigenvalue weighted by Gasteiger charge is -2.21. The fraction of sp³-hybridized carbons (Fsp3) is 0.500. The lowest BCUT2D eigenvalue weighted by atomic mass is 9.87. The number of amides is 1. The maximum absolute atomic E-state index is 12.4. The van der Waals surface area contributed by atoms with Gasteiger partial charge in [0, 0.05) is 0 Å². The second-order valence-electron chi connectivity index (χ2n) is 5.82. The lowest BCUT2D eigenvalue weighted by molar-refractivity contribution is -0.117. The summed E-state index contributed by atoms with van der Waals surface area (Å²) < 4.78 is 24.7. The largest absolute Gasteiger partial charge is 0.369 e. The predicted octanol–water partition coefficient (Wildman–Crippen LogP) is 1.94. The molecule has 0 aliphatic carbocycles. The molecule has 106 valence electrons. The average molecular weight is 283 g/mol. The zero-order chi connectivity index (χ0) is 15.0. The van der Waals surface area contributed by atoms with Crippen LogP contribution in [0, 0.1) is 6.92 Å². The van der Waals surface area contributed by atoms with Gasteiger partial charge in [-0.15, -0.1) is 0 Å². The fourth-order valence-corrected chi connectivity index (χ4v) is 3.21. The van der Waals surface area contributed by atoms with E-state index in [1.165, 1.54) is 6.92 Å². The minimum absolute atomic E-state index is 0.159. The Balaban J connectivity index is 3.47. The number of nitrogens with two attached hydrogens (primary N) is 1. The number of hydrogen-bond donors (Lipinski definition) is 1. The van der Waals surface area contributed by atoms with Gasteiger partial charge in [-0.3, -0.25) is 4.79 Å². The molecule has 4 nitrogen and oxygen atoms in total. The lowest BCUT2D eigenvalue weighted by Crippen LogP contribution is -2.33. The molecule has 0 bridgehead atoms. The van der Waals surface area contributed by atoms with Crippen molar-refractivity contribution in [2.75, 3.05) is 0 Å². The van der Waals surface area contributed by atoms with Crippen LogP contribution in [0.3, 0.4) is 0 Å². The van der Waals surface area contributed by atoms with Crippen molar-refractivity contribution >= 4 is 15.7 Å². The molecule has 1 amide bonds. The zero-order valence-electron chi connectivity index (χ0n) is 12.0. The van der Waals surface area contributed by atoms with Gasteiger partial charge in [0.1, 0.15) is 5.25 Å². The SMILES string of the molecule is Cc1ccc(C(C)(C)C)cc1S(=O)(=O)C(C)C(N)=O. The quantitative estimate of drug-likeness (QED) is 0.921. The molecule has 2 N–H and O–H groups in total. The predicted molar refractivity (Wildman–Crippen MR) is 75.7 cm³/mol. The molecule has 0 aliphatic heterocycles. The van der Waals surface area contributed by atoms with E-state index in [1.807, 2.05) is 26.8 Å². The smallest absolute Gasteiger partial charge is 0.235 e. The van der Waals surface area contributed by atoms with Crippen molar-refractivity contribution in [2.45, 2.75) is 50.2 Å². The number of hydrogen-bond acceptors (Lipinski definition) is 3. The van der Waals surface area contributed by atoms with Crippen molar-refractivity contribution in [1.29, 1.82) is 0 Å². The van der Waals surface area contributed by atoms with E-state index in [1.54, 1.807) is 19.1 Å². The second-order valence-corrected chi connectivity index (χ2v) is 8.06. The van der Waals surface area contributed by atoms with Gasteiger partial charge in [-0.1, -0.05) is 32.9 Å². The van der Waals surface area contributed by atoms with E-state index in [-0.39, 0.29) is 10.3 Å². The van der Waals surface area contributed by atoms with Crippen LogP contribution in [0.15, 0.2) is 23.1 Å². The molecule has 1 aromatic rings. The van der Waals surface area contributed by atoms with Gasteiger partial charge in [0.05, 0.1) is 4.90 Å². The Hall–Kier alpha value is -1.36. The fourth-order valence-electron chi connectivity index (χ4n) is 1.72. The van der Waals surface area contributed by atoms with Gasteiger partial charge in [0.2, 0.25) is 5.91 Å². The Morgan fingerprint density at radius 2 is 1.79 bits per heavy atom. The van der Waals surface area contributed by atoms with Crippen molar-refractivity contribution in [3.05, 3.63) is 29.3 Å². The molecular weight excluding hydrogens is 262 g/mol. The average Bonchev–Trinajstić information content (AvgIpc) is 2.26. The van der Waals surface area contributed by atoms with Crippen molar-refractivity contribution in [1.82, 2.24) is 0 Å². The number of benzene rings is 1. The van der Waals surface area contributed by atoms with Crippen molar-refractivity contribution in [3.63, 3.8) is 0 Å². The van der Waals surface area contributed by atoms with Crippen LogP contribution >= 0.6 is 0 Å². The van der Waals surface area contributed by atoms with Crippen LogP contribution < -0.4 is 5.73 Å². The first-order chi connectivity index (χ1) is 8.48. The Morgan fingerprint density at radius 3 is 2.21 bits per heavy atom. The number of carbonyl (C=O) groups excluding carboxylic acids is 1. The standard InChI is InChI=1S/C14H21NO3S/c1-9-6-7-11(14(3,4)5)8-12(9)19(17,18)10(2)13(15)16/h6-8,10H,1-5H3,(H2,15,16). The molecule has 1 rings (SSSR count). The van der Waals surface area contributed by atoms with E-state index in [2.05, 4.69) is 0 Å². The third kappa shape index (κ3) is 3.15. The number of carbonyl (C=O) groups is 1. The van der Waals surface area contributed by atoms with Crippen LogP contribution in [0.2, 0.25) is 0 Å². The maximum Gasteiger partial charge on any atom is 0.235 e. The Bertz CT molecular complexity index is 598. The third-order valence-corrected chi connectivity index (χ3v) is 5.44. The molecule has 0 radical (unpaired) electrons. The zero-order valence-corrected chi connectivity index (χ0v) is 12.8. The third-order valence-electron chi connectivity index (χ3n) is 3.23. The summed E-state index contributed by atoms with van der Waals surface area (Å²) in [4.78, 5) is 11.3.